The molecular formula is C16H19N3O2. The average molecular weight is 285 g/mol. The molecular weight excluding hydrogens is 266 g/mol. The molecule has 1 amide bonds. The number of hydrogen-bond acceptors (Lipinski definition) is 4. The molecule has 0 aliphatic carbocycles. The number of morpholine rings is 1. The zero-order valence-electron chi connectivity index (χ0n) is 12.0. The van der Waals surface area contributed by atoms with Crippen molar-refractivity contribution in [3.05, 3.63) is 42.1 Å². The van der Waals surface area contributed by atoms with Crippen LogP contribution in [0.4, 0.5) is 0 Å². The van der Waals surface area contributed by atoms with Crippen LogP contribution in [0, 0.1) is 0 Å². The van der Waals surface area contributed by atoms with Gasteiger partial charge < -0.3 is 15.4 Å². The Balaban J connectivity index is 1.90. The van der Waals surface area contributed by atoms with Gasteiger partial charge in [0, 0.05) is 30.7 Å². The summed E-state index contributed by atoms with van der Waals surface area (Å²) in [6, 6.07) is 9.38. The summed E-state index contributed by atoms with van der Waals surface area (Å²) in [5.41, 5.74) is 7.41. The van der Waals surface area contributed by atoms with Gasteiger partial charge in [-0.05, 0) is 19.1 Å². The molecule has 3 rings (SSSR count). The van der Waals surface area contributed by atoms with Crippen LogP contribution in [0.15, 0.2) is 36.5 Å². The fraction of sp³-hybridized carbons (Fsp3) is 0.375. The zero-order chi connectivity index (χ0) is 14.8. The Labute approximate surface area is 123 Å². The normalized spacial score (nSPS) is 20.5. The van der Waals surface area contributed by atoms with E-state index in [1.165, 1.54) is 0 Å². The van der Waals surface area contributed by atoms with E-state index in [-0.39, 0.29) is 18.1 Å². The Bertz CT molecular complexity index is 652. The molecule has 1 saturated heterocycles. The van der Waals surface area contributed by atoms with Gasteiger partial charge in [0.1, 0.15) is 0 Å². The maximum absolute atomic E-state index is 12.8. The molecule has 1 aromatic carbocycles. The number of rotatable bonds is 2. The smallest absolute Gasteiger partial charge is 0.254 e. The summed E-state index contributed by atoms with van der Waals surface area (Å²) in [6.45, 7) is 3.56. The minimum absolute atomic E-state index is 0.0163. The van der Waals surface area contributed by atoms with Gasteiger partial charge in [0.2, 0.25) is 0 Å². The minimum Gasteiger partial charge on any atom is -0.373 e. The lowest BCUT2D eigenvalue weighted by molar-refractivity contribution is -0.0299. The molecule has 2 N–H and O–H groups in total. The van der Waals surface area contributed by atoms with Crippen molar-refractivity contribution in [1.82, 2.24) is 9.88 Å². The van der Waals surface area contributed by atoms with Gasteiger partial charge in [-0.1, -0.05) is 18.2 Å². The first-order valence-corrected chi connectivity index (χ1v) is 7.17. The first-order chi connectivity index (χ1) is 10.2. The monoisotopic (exact) mass is 285 g/mol. The number of fused-ring (bicyclic) bond motifs is 1. The molecule has 0 saturated carbocycles. The van der Waals surface area contributed by atoms with Crippen molar-refractivity contribution >= 4 is 16.8 Å². The van der Waals surface area contributed by atoms with E-state index in [1.807, 2.05) is 36.1 Å². The highest BCUT2D eigenvalue weighted by molar-refractivity contribution is 6.06. The van der Waals surface area contributed by atoms with Crippen molar-refractivity contribution in [3.8, 4) is 0 Å². The topological polar surface area (TPSA) is 68.5 Å². The Hall–Kier alpha value is -1.98. The quantitative estimate of drug-likeness (QED) is 0.906. The predicted octanol–water partition coefficient (Wildman–Crippen LogP) is 1.42. The lowest BCUT2D eigenvalue weighted by Gasteiger charge is -2.34. The standard InChI is InChI=1S/C16H19N3O2/c1-11(17)15-10-19(8-9-21-15)16(20)13-6-7-18-14-5-3-2-4-12(13)14/h2-7,11,15H,8-10,17H2,1H3. The van der Waals surface area contributed by atoms with E-state index in [9.17, 15) is 4.79 Å². The van der Waals surface area contributed by atoms with Crippen LogP contribution in [0.5, 0.6) is 0 Å². The molecule has 0 bridgehead atoms. The van der Waals surface area contributed by atoms with Crippen LogP contribution in [-0.4, -0.2) is 47.6 Å². The zero-order valence-corrected chi connectivity index (χ0v) is 12.0. The highest BCUT2D eigenvalue weighted by Gasteiger charge is 2.27. The number of nitrogens with zero attached hydrogens (tertiary/aromatic N) is 2. The number of para-hydroxylation sites is 1. The van der Waals surface area contributed by atoms with E-state index in [0.717, 1.165) is 10.9 Å². The van der Waals surface area contributed by atoms with E-state index in [0.29, 0.717) is 25.3 Å². The third-order valence-electron chi connectivity index (χ3n) is 3.85. The Morgan fingerprint density at radius 1 is 1.43 bits per heavy atom. The Kier molecular flexibility index (Phi) is 3.86. The molecule has 5 heteroatoms. The number of carbonyl (C=O) groups excluding carboxylic acids is 1. The van der Waals surface area contributed by atoms with Crippen LogP contribution in [0.1, 0.15) is 17.3 Å². The molecule has 2 atom stereocenters. The lowest BCUT2D eigenvalue weighted by Crippen LogP contribution is -2.51. The Morgan fingerprint density at radius 2 is 2.24 bits per heavy atom. The fourth-order valence-electron chi connectivity index (χ4n) is 2.63. The van der Waals surface area contributed by atoms with E-state index in [1.54, 1.807) is 12.3 Å². The molecule has 1 aliphatic heterocycles. The van der Waals surface area contributed by atoms with Gasteiger partial charge in [-0.3, -0.25) is 9.78 Å². The van der Waals surface area contributed by atoms with Crippen molar-refractivity contribution in [1.29, 1.82) is 0 Å². The van der Waals surface area contributed by atoms with Crippen molar-refractivity contribution in [2.45, 2.75) is 19.1 Å². The third-order valence-corrected chi connectivity index (χ3v) is 3.85. The molecule has 2 aromatic rings. The van der Waals surface area contributed by atoms with Crippen LogP contribution in [0.25, 0.3) is 10.9 Å². The number of pyridine rings is 1. The minimum atomic E-state index is -0.101. The molecule has 1 aliphatic rings. The molecule has 1 fully saturated rings. The highest BCUT2D eigenvalue weighted by atomic mass is 16.5. The summed E-state index contributed by atoms with van der Waals surface area (Å²) in [6.07, 6.45) is 1.58. The summed E-state index contributed by atoms with van der Waals surface area (Å²) in [5, 5.41) is 0.883. The second-order valence-electron chi connectivity index (χ2n) is 5.40. The van der Waals surface area contributed by atoms with Gasteiger partial charge in [-0.2, -0.15) is 0 Å². The maximum atomic E-state index is 12.8. The second-order valence-corrected chi connectivity index (χ2v) is 5.40. The van der Waals surface area contributed by atoms with Gasteiger partial charge in [-0.15, -0.1) is 0 Å². The second kappa shape index (κ2) is 5.79. The molecule has 21 heavy (non-hydrogen) atoms. The number of hydrogen-bond donors (Lipinski definition) is 1. The van der Waals surface area contributed by atoms with Crippen LogP contribution in [0.2, 0.25) is 0 Å². The average Bonchev–Trinajstić information content (AvgIpc) is 2.53. The van der Waals surface area contributed by atoms with E-state index in [4.69, 9.17) is 10.5 Å². The third kappa shape index (κ3) is 2.75. The highest BCUT2D eigenvalue weighted by Crippen LogP contribution is 2.19. The molecule has 1 aromatic heterocycles. The fourth-order valence-corrected chi connectivity index (χ4v) is 2.63. The number of ether oxygens (including phenoxy) is 1. The van der Waals surface area contributed by atoms with Crippen molar-refractivity contribution in [3.63, 3.8) is 0 Å². The number of aromatic nitrogens is 1. The van der Waals surface area contributed by atoms with E-state index < -0.39 is 0 Å². The summed E-state index contributed by atoms with van der Waals surface area (Å²) in [5.74, 6) is 0.0163. The summed E-state index contributed by atoms with van der Waals surface area (Å²) >= 11 is 0. The molecule has 110 valence electrons. The molecule has 0 spiro atoms. The first kappa shape index (κ1) is 14.0. The number of benzene rings is 1. The largest absolute Gasteiger partial charge is 0.373 e. The van der Waals surface area contributed by atoms with Gasteiger partial charge in [0.25, 0.3) is 5.91 Å². The maximum Gasteiger partial charge on any atom is 0.254 e. The van der Waals surface area contributed by atoms with Crippen LogP contribution in [0.3, 0.4) is 0 Å². The SMILES string of the molecule is CC(N)C1CN(C(=O)c2ccnc3ccccc23)CCO1. The summed E-state index contributed by atoms with van der Waals surface area (Å²) < 4.78 is 5.61. The van der Waals surface area contributed by atoms with Crippen molar-refractivity contribution in [2.75, 3.05) is 19.7 Å². The summed E-state index contributed by atoms with van der Waals surface area (Å²) in [7, 11) is 0. The van der Waals surface area contributed by atoms with Crippen molar-refractivity contribution < 1.29 is 9.53 Å². The van der Waals surface area contributed by atoms with Gasteiger partial charge in [-0.25, -0.2) is 0 Å². The van der Waals surface area contributed by atoms with E-state index in [2.05, 4.69) is 4.98 Å². The van der Waals surface area contributed by atoms with E-state index >= 15 is 0 Å². The number of carbonyl (C=O) groups is 1. The molecule has 5 nitrogen and oxygen atoms in total. The predicted molar refractivity (Wildman–Crippen MR) is 81.0 cm³/mol. The first-order valence-electron chi connectivity index (χ1n) is 7.17. The molecule has 2 unspecified atom stereocenters. The number of amides is 1. The van der Waals surface area contributed by atoms with Crippen molar-refractivity contribution in [2.24, 2.45) is 5.73 Å². The van der Waals surface area contributed by atoms with Crippen LogP contribution in [-0.2, 0) is 4.74 Å². The van der Waals surface area contributed by atoms with Gasteiger partial charge >= 0.3 is 0 Å². The lowest BCUT2D eigenvalue weighted by atomic mass is 10.1. The van der Waals surface area contributed by atoms with Crippen LogP contribution >= 0.6 is 0 Å². The molecule has 2 heterocycles. The van der Waals surface area contributed by atoms with Crippen LogP contribution < -0.4 is 5.73 Å². The number of nitrogens with two attached hydrogens (primary N) is 1. The Morgan fingerprint density at radius 3 is 3.05 bits per heavy atom. The van der Waals surface area contributed by atoms with Gasteiger partial charge in [0.15, 0.2) is 0 Å². The van der Waals surface area contributed by atoms with Gasteiger partial charge in [0.05, 0.1) is 23.8 Å². The molecule has 0 radical (unpaired) electrons. The summed E-state index contributed by atoms with van der Waals surface area (Å²) in [4.78, 5) is 18.9.